The summed E-state index contributed by atoms with van der Waals surface area (Å²) in [5, 5.41) is 0.553. The van der Waals surface area contributed by atoms with E-state index in [4.69, 9.17) is 0 Å². The molecule has 1 aromatic carbocycles. The quantitative estimate of drug-likeness (QED) is 0.847. The smallest absolute Gasteiger partial charge is 0.261 e. The molecule has 2 aromatic rings. The highest BCUT2D eigenvalue weighted by atomic mass is 16.2. The van der Waals surface area contributed by atoms with Crippen LogP contribution >= 0.6 is 0 Å². The number of rotatable bonds is 3. The van der Waals surface area contributed by atoms with Gasteiger partial charge in [-0.15, -0.1) is 0 Å². The van der Waals surface area contributed by atoms with Crippen molar-refractivity contribution >= 4 is 16.8 Å². The van der Waals surface area contributed by atoms with E-state index in [9.17, 15) is 9.59 Å². The number of amides is 1. The molecule has 6 heteroatoms. The Labute approximate surface area is 141 Å². The third-order valence-corrected chi connectivity index (χ3v) is 4.93. The zero-order valence-corrected chi connectivity index (χ0v) is 14.7. The van der Waals surface area contributed by atoms with Gasteiger partial charge in [-0.1, -0.05) is 19.1 Å². The first kappa shape index (κ1) is 16.6. The molecule has 0 aliphatic carbocycles. The Balaban J connectivity index is 1.85. The third-order valence-electron chi connectivity index (χ3n) is 4.93. The number of likely N-dealkylation sites (N-methyl/N-ethyl adjacent to an activating group) is 1. The second kappa shape index (κ2) is 6.36. The number of fused-ring (bicyclic) bond motifs is 1. The summed E-state index contributed by atoms with van der Waals surface area (Å²) in [6.07, 6.45) is 0. The molecule has 1 fully saturated rings. The lowest BCUT2D eigenvalue weighted by Gasteiger charge is -2.22. The summed E-state index contributed by atoms with van der Waals surface area (Å²) in [7, 11) is 4.08. The van der Waals surface area contributed by atoms with Crippen molar-refractivity contribution in [3.63, 3.8) is 0 Å². The summed E-state index contributed by atoms with van der Waals surface area (Å²) < 4.78 is 1.48. The highest BCUT2D eigenvalue weighted by molar-refractivity contribution is 5.79. The van der Waals surface area contributed by atoms with Crippen LogP contribution in [0.15, 0.2) is 29.1 Å². The van der Waals surface area contributed by atoms with Crippen LogP contribution in [0.1, 0.15) is 12.7 Å². The molecule has 128 valence electrons. The van der Waals surface area contributed by atoms with Crippen LogP contribution < -0.4 is 5.56 Å². The molecule has 0 N–H and O–H groups in total. The summed E-state index contributed by atoms with van der Waals surface area (Å²) in [6.45, 7) is 5.43. The van der Waals surface area contributed by atoms with Crippen molar-refractivity contribution in [3.8, 4) is 0 Å². The van der Waals surface area contributed by atoms with Crippen LogP contribution in [0.4, 0.5) is 0 Å². The minimum Gasteiger partial charge on any atom is -0.339 e. The number of benzene rings is 1. The summed E-state index contributed by atoms with van der Waals surface area (Å²) in [5.74, 6) is 0.980. The molecule has 6 nitrogen and oxygen atoms in total. The van der Waals surface area contributed by atoms with E-state index >= 15 is 0 Å². The van der Waals surface area contributed by atoms with Gasteiger partial charge in [0.2, 0.25) is 5.91 Å². The van der Waals surface area contributed by atoms with E-state index in [2.05, 4.69) is 16.8 Å². The fourth-order valence-electron chi connectivity index (χ4n) is 3.53. The zero-order chi connectivity index (χ0) is 17.4. The predicted octanol–water partition coefficient (Wildman–Crippen LogP) is 1.11. The van der Waals surface area contributed by atoms with E-state index in [-0.39, 0.29) is 18.0 Å². The van der Waals surface area contributed by atoms with Gasteiger partial charge in [0.05, 0.1) is 10.9 Å². The van der Waals surface area contributed by atoms with Gasteiger partial charge in [-0.05, 0) is 39.1 Å². The van der Waals surface area contributed by atoms with E-state index in [0.717, 1.165) is 6.54 Å². The molecule has 3 rings (SSSR count). The molecule has 0 spiro atoms. The number of aromatic nitrogens is 2. The molecule has 24 heavy (non-hydrogen) atoms. The Morgan fingerprint density at radius 3 is 2.67 bits per heavy atom. The van der Waals surface area contributed by atoms with Crippen molar-refractivity contribution in [1.29, 1.82) is 0 Å². The van der Waals surface area contributed by atoms with E-state index in [1.165, 1.54) is 4.57 Å². The lowest BCUT2D eigenvalue weighted by molar-refractivity contribution is -0.131. The Morgan fingerprint density at radius 2 is 2.00 bits per heavy atom. The summed E-state index contributed by atoms with van der Waals surface area (Å²) in [6, 6.07) is 7.61. The normalized spacial score (nSPS) is 21.0. The third kappa shape index (κ3) is 2.94. The van der Waals surface area contributed by atoms with Crippen molar-refractivity contribution in [2.75, 3.05) is 27.2 Å². The Kier molecular flexibility index (Phi) is 4.41. The van der Waals surface area contributed by atoms with Crippen LogP contribution in [0.5, 0.6) is 0 Å². The van der Waals surface area contributed by atoms with E-state index < -0.39 is 0 Å². The molecule has 2 heterocycles. The minimum atomic E-state index is -0.150. The molecule has 1 amide bonds. The van der Waals surface area contributed by atoms with Gasteiger partial charge in [0.25, 0.3) is 5.56 Å². The topological polar surface area (TPSA) is 58.4 Å². The molecule has 0 bridgehead atoms. The van der Waals surface area contributed by atoms with Crippen LogP contribution in [0.2, 0.25) is 0 Å². The average molecular weight is 328 g/mol. The van der Waals surface area contributed by atoms with Gasteiger partial charge in [0.1, 0.15) is 12.4 Å². The van der Waals surface area contributed by atoms with Crippen molar-refractivity contribution in [2.45, 2.75) is 26.4 Å². The van der Waals surface area contributed by atoms with Gasteiger partial charge in [-0.3, -0.25) is 14.2 Å². The highest BCUT2D eigenvalue weighted by Gasteiger charge is 2.33. The Bertz CT molecular complexity index is 827. The van der Waals surface area contributed by atoms with Gasteiger partial charge in [0, 0.05) is 19.1 Å². The second-order valence-corrected chi connectivity index (χ2v) is 6.87. The SMILES string of the molecule is Cc1nc2ccccc2c(=O)n1CC(=O)N1C[C@@H](C)[C@@H](N(C)C)C1. The molecule has 2 atom stereocenters. The number of para-hydroxylation sites is 1. The molecule has 1 aliphatic heterocycles. The molecule has 0 saturated carbocycles. The number of nitrogens with zero attached hydrogens (tertiary/aromatic N) is 4. The fourth-order valence-corrected chi connectivity index (χ4v) is 3.53. The summed E-state index contributed by atoms with van der Waals surface area (Å²) in [4.78, 5) is 33.8. The van der Waals surface area contributed by atoms with Crippen molar-refractivity contribution in [1.82, 2.24) is 19.4 Å². The van der Waals surface area contributed by atoms with Gasteiger partial charge in [-0.25, -0.2) is 4.98 Å². The van der Waals surface area contributed by atoms with Crippen LogP contribution in [0, 0.1) is 12.8 Å². The molecular weight excluding hydrogens is 304 g/mol. The first-order valence-corrected chi connectivity index (χ1v) is 8.29. The van der Waals surface area contributed by atoms with Gasteiger partial charge < -0.3 is 9.80 Å². The van der Waals surface area contributed by atoms with Crippen molar-refractivity contribution in [2.24, 2.45) is 5.92 Å². The van der Waals surface area contributed by atoms with E-state index in [0.29, 0.717) is 35.2 Å². The Hall–Kier alpha value is -2.21. The van der Waals surface area contributed by atoms with Crippen molar-refractivity contribution in [3.05, 3.63) is 40.4 Å². The van der Waals surface area contributed by atoms with Crippen LogP contribution in [-0.2, 0) is 11.3 Å². The minimum absolute atomic E-state index is 0.0199. The Morgan fingerprint density at radius 1 is 1.29 bits per heavy atom. The van der Waals surface area contributed by atoms with Crippen LogP contribution in [0.25, 0.3) is 10.9 Å². The monoisotopic (exact) mass is 328 g/mol. The number of aryl methyl sites for hydroxylation is 1. The van der Waals surface area contributed by atoms with Gasteiger partial charge >= 0.3 is 0 Å². The average Bonchev–Trinajstić information content (AvgIpc) is 2.93. The lowest BCUT2D eigenvalue weighted by Crippen LogP contribution is -2.38. The molecule has 1 aromatic heterocycles. The fraction of sp³-hybridized carbons (Fsp3) is 0.500. The number of hydrogen-bond acceptors (Lipinski definition) is 4. The van der Waals surface area contributed by atoms with Crippen LogP contribution in [-0.4, -0.2) is 58.5 Å². The van der Waals surface area contributed by atoms with Crippen LogP contribution in [0.3, 0.4) is 0 Å². The maximum atomic E-state index is 12.7. The van der Waals surface area contributed by atoms with Gasteiger partial charge in [-0.2, -0.15) is 0 Å². The van der Waals surface area contributed by atoms with Gasteiger partial charge in [0.15, 0.2) is 0 Å². The predicted molar refractivity (Wildman–Crippen MR) is 94.0 cm³/mol. The van der Waals surface area contributed by atoms with Crippen molar-refractivity contribution < 1.29 is 4.79 Å². The molecule has 0 unspecified atom stereocenters. The number of hydrogen-bond donors (Lipinski definition) is 0. The second-order valence-electron chi connectivity index (χ2n) is 6.87. The maximum absolute atomic E-state index is 12.7. The summed E-state index contributed by atoms with van der Waals surface area (Å²) >= 11 is 0. The largest absolute Gasteiger partial charge is 0.339 e. The number of likely N-dealkylation sites (tertiary alicyclic amines) is 1. The molecule has 0 radical (unpaired) electrons. The number of carbonyl (C=O) groups is 1. The van der Waals surface area contributed by atoms with E-state index in [1.54, 1.807) is 13.0 Å². The molecule has 1 saturated heterocycles. The maximum Gasteiger partial charge on any atom is 0.261 e. The lowest BCUT2D eigenvalue weighted by atomic mass is 10.1. The summed E-state index contributed by atoms with van der Waals surface area (Å²) in [5.41, 5.74) is 0.522. The first-order chi connectivity index (χ1) is 11.4. The number of carbonyl (C=O) groups excluding carboxylic acids is 1. The van der Waals surface area contributed by atoms with E-state index in [1.807, 2.05) is 37.2 Å². The molecule has 1 aliphatic rings. The first-order valence-electron chi connectivity index (χ1n) is 8.29. The molecular formula is C18H24N4O2. The standard InChI is InChI=1S/C18H24N4O2/c1-12-9-21(10-16(12)20(3)4)17(23)11-22-13(2)19-15-8-6-5-7-14(15)18(22)24/h5-8,12,16H,9-11H2,1-4H3/t12-,16+/m1/s1. The highest BCUT2D eigenvalue weighted by Crippen LogP contribution is 2.20. The zero-order valence-electron chi connectivity index (χ0n) is 14.7.